The van der Waals surface area contributed by atoms with E-state index in [4.69, 9.17) is 6.42 Å². The Morgan fingerprint density at radius 3 is 2.65 bits per heavy atom. The molecule has 0 radical (unpaired) electrons. The molecule has 0 aliphatic heterocycles. The average Bonchev–Trinajstić information content (AvgIpc) is 2.35. The Morgan fingerprint density at radius 2 is 2.05 bits per heavy atom. The standard InChI is InChI=1S/C14H18N2O3S/c1-4-8-15-14(17)7-9-16-20(18,19)13-6-5-11(2)10-12(13)3/h1,5-6,10,16H,7-9H2,2-3H3,(H,15,17). The maximum absolute atomic E-state index is 12.1. The van der Waals surface area contributed by atoms with Crippen LogP contribution < -0.4 is 10.0 Å². The lowest BCUT2D eigenvalue weighted by Gasteiger charge is -2.09. The number of carbonyl (C=O) groups is 1. The summed E-state index contributed by atoms with van der Waals surface area (Å²) in [6.07, 6.45) is 5.05. The summed E-state index contributed by atoms with van der Waals surface area (Å²) in [4.78, 5) is 11.5. The molecular formula is C14H18N2O3S. The van der Waals surface area contributed by atoms with E-state index in [0.29, 0.717) is 5.56 Å². The van der Waals surface area contributed by atoms with Gasteiger partial charge < -0.3 is 5.32 Å². The second kappa shape index (κ2) is 7.08. The van der Waals surface area contributed by atoms with Crippen LogP contribution in [0.4, 0.5) is 0 Å². The van der Waals surface area contributed by atoms with Crippen LogP contribution in [0.2, 0.25) is 0 Å². The van der Waals surface area contributed by atoms with Crippen LogP contribution in [0.1, 0.15) is 17.5 Å². The van der Waals surface area contributed by atoms with E-state index >= 15 is 0 Å². The fourth-order valence-corrected chi connectivity index (χ4v) is 2.97. The van der Waals surface area contributed by atoms with Gasteiger partial charge in [0.15, 0.2) is 0 Å². The normalized spacial score (nSPS) is 10.8. The average molecular weight is 294 g/mol. The molecule has 1 amide bonds. The first kappa shape index (κ1) is 16.2. The summed E-state index contributed by atoms with van der Waals surface area (Å²) in [6.45, 7) is 3.81. The van der Waals surface area contributed by atoms with Crippen molar-refractivity contribution in [1.29, 1.82) is 0 Å². The minimum absolute atomic E-state index is 0.0338. The van der Waals surface area contributed by atoms with Crippen molar-refractivity contribution in [3.8, 4) is 12.3 Å². The molecule has 0 saturated heterocycles. The van der Waals surface area contributed by atoms with Gasteiger partial charge in [-0.05, 0) is 25.5 Å². The molecule has 1 aromatic carbocycles. The molecule has 20 heavy (non-hydrogen) atoms. The molecule has 0 spiro atoms. The van der Waals surface area contributed by atoms with Gasteiger partial charge in [-0.15, -0.1) is 6.42 Å². The van der Waals surface area contributed by atoms with Crippen LogP contribution >= 0.6 is 0 Å². The van der Waals surface area contributed by atoms with E-state index < -0.39 is 10.0 Å². The van der Waals surface area contributed by atoms with Gasteiger partial charge in [0.25, 0.3) is 0 Å². The van der Waals surface area contributed by atoms with Gasteiger partial charge in [-0.2, -0.15) is 0 Å². The largest absolute Gasteiger partial charge is 0.345 e. The van der Waals surface area contributed by atoms with Crippen LogP contribution in [0.3, 0.4) is 0 Å². The van der Waals surface area contributed by atoms with E-state index in [-0.39, 0.29) is 30.3 Å². The third-order valence-electron chi connectivity index (χ3n) is 2.65. The van der Waals surface area contributed by atoms with Gasteiger partial charge in [0, 0.05) is 13.0 Å². The van der Waals surface area contributed by atoms with Gasteiger partial charge in [0.1, 0.15) is 0 Å². The quantitative estimate of drug-likeness (QED) is 0.759. The van der Waals surface area contributed by atoms with Gasteiger partial charge in [-0.1, -0.05) is 23.6 Å². The maximum Gasteiger partial charge on any atom is 0.240 e. The van der Waals surface area contributed by atoms with Crippen molar-refractivity contribution in [3.05, 3.63) is 29.3 Å². The predicted molar refractivity (Wildman–Crippen MR) is 77.6 cm³/mol. The highest BCUT2D eigenvalue weighted by atomic mass is 32.2. The van der Waals surface area contributed by atoms with E-state index in [1.807, 2.05) is 6.92 Å². The number of benzene rings is 1. The van der Waals surface area contributed by atoms with E-state index in [1.165, 1.54) is 0 Å². The molecule has 0 atom stereocenters. The molecule has 0 aliphatic carbocycles. The monoisotopic (exact) mass is 294 g/mol. The highest BCUT2D eigenvalue weighted by Crippen LogP contribution is 2.15. The van der Waals surface area contributed by atoms with Crippen LogP contribution in [-0.2, 0) is 14.8 Å². The Labute approximate surface area is 119 Å². The number of terminal acetylenes is 1. The zero-order chi connectivity index (χ0) is 15.2. The van der Waals surface area contributed by atoms with Crippen molar-refractivity contribution in [3.63, 3.8) is 0 Å². The topological polar surface area (TPSA) is 75.3 Å². The van der Waals surface area contributed by atoms with Crippen molar-refractivity contribution < 1.29 is 13.2 Å². The highest BCUT2D eigenvalue weighted by molar-refractivity contribution is 7.89. The zero-order valence-corrected chi connectivity index (χ0v) is 12.4. The highest BCUT2D eigenvalue weighted by Gasteiger charge is 2.16. The second-order valence-electron chi connectivity index (χ2n) is 4.40. The van der Waals surface area contributed by atoms with Gasteiger partial charge >= 0.3 is 0 Å². The van der Waals surface area contributed by atoms with Crippen LogP contribution in [0.5, 0.6) is 0 Å². The summed E-state index contributed by atoms with van der Waals surface area (Å²) < 4.78 is 26.6. The molecule has 2 N–H and O–H groups in total. The van der Waals surface area contributed by atoms with Crippen LogP contribution in [0.25, 0.3) is 0 Å². The molecule has 5 nitrogen and oxygen atoms in total. The molecule has 0 bridgehead atoms. The maximum atomic E-state index is 12.1. The number of nitrogens with one attached hydrogen (secondary N) is 2. The number of hydrogen-bond acceptors (Lipinski definition) is 3. The van der Waals surface area contributed by atoms with E-state index in [1.54, 1.807) is 25.1 Å². The number of sulfonamides is 1. The van der Waals surface area contributed by atoms with Crippen LogP contribution in [0.15, 0.2) is 23.1 Å². The number of rotatable bonds is 6. The zero-order valence-electron chi connectivity index (χ0n) is 11.6. The van der Waals surface area contributed by atoms with Crippen LogP contribution in [-0.4, -0.2) is 27.4 Å². The van der Waals surface area contributed by atoms with Crippen molar-refractivity contribution in [1.82, 2.24) is 10.0 Å². The van der Waals surface area contributed by atoms with Gasteiger partial charge in [-0.3, -0.25) is 4.79 Å². The lowest BCUT2D eigenvalue weighted by atomic mass is 10.2. The number of hydrogen-bond donors (Lipinski definition) is 2. The molecule has 1 rings (SSSR count). The van der Waals surface area contributed by atoms with Gasteiger partial charge in [0.2, 0.25) is 15.9 Å². The van der Waals surface area contributed by atoms with E-state index in [2.05, 4.69) is 16.0 Å². The van der Waals surface area contributed by atoms with E-state index in [9.17, 15) is 13.2 Å². The molecule has 6 heteroatoms. The number of amides is 1. The molecule has 1 aromatic rings. The first-order valence-corrected chi connectivity index (χ1v) is 7.62. The molecule has 0 saturated carbocycles. The van der Waals surface area contributed by atoms with Gasteiger partial charge in [0.05, 0.1) is 11.4 Å². The molecule has 0 aliphatic rings. The predicted octanol–water partition coefficient (Wildman–Crippen LogP) is 0.721. The third-order valence-corrected chi connectivity index (χ3v) is 4.27. The summed E-state index contributed by atoms with van der Waals surface area (Å²) >= 11 is 0. The number of carbonyl (C=O) groups excluding carboxylic acids is 1. The molecule has 0 unspecified atom stereocenters. The SMILES string of the molecule is C#CCNC(=O)CCNS(=O)(=O)c1ccc(C)cc1C. The minimum atomic E-state index is -3.59. The Morgan fingerprint density at radius 1 is 1.35 bits per heavy atom. The third kappa shape index (κ3) is 4.68. The van der Waals surface area contributed by atoms with Crippen molar-refractivity contribution in [2.75, 3.05) is 13.1 Å². The molecule has 0 fully saturated rings. The molecule has 0 aromatic heterocycles. The van der Waals surface area contributed by atoms with E-state index in [0.717, 1.165) is 5.56 Å². The lowest BCUT2D eigenvalue weighted by Crippen LogP contribution is -2.31. The summed E-state index contributed by atoms with van der Waals surface area (Å²) in [7, 11) is -3.59. The fourth-order valence-electron chi connectivity index (χ4n) is 1.72. The van der Waals surface area contributed by atoms with Crippen molar-refractivity contribution >= 4 is 15.9 Å². The number of aryl methyl sites for hydroxylation is 2. The molecule has 0 heterocycles. The minimum Gasteiger partial charge on any atom is -0.345 e. The fraction of sp³-hybridized carbons (Fsp3) is 0.357. The second-order valence-corrected chi connectivity index (χ2v) is 6.13. The summed E-state index contributed by atoms with van der Waals surface area (Å²) in [6, 6.07) is 5.10. The molecule has 108 valence electrons. The smallest absolute Gasteiger partial charge is 0.240 e. The Kier molecular flexibility index (Phi) is 5.74. The summed E-state index contributed by atoms with van der Waals surface area (Å²) in [5.41, 5.74) is 1.67. The molecular weight excluding hydrogens is 276 g/mol. The Bertz CT molecular complexity index is 630. The van der Waals surface area contributed by atoms with Crippen LogP contribution in [0, 0.1) is 26.2 Å². The summed E-state index contributed by atoms with van der Waals surface area (Å²) in [5.74, 6) is 1.99. The van der Waals surface area contributed by atoms with Crippen molar-refractivity contribution in [2.45, 2.75) is 25.2 Å². The summed E-state index contributed by atoms with van der Waals surface area (Å²) in [5, 5.41) is 2.47. The first-order chi connectivity index (χ1) is 9.36. The van der Waals surface area contributed by atoms with Crippen molar-refractivity contribution in [2.24, 2.45) is 0 Å². The first-order valence-electron chi connectivity index (χ1n) is 6.14. The Balaban J connectivity index is 2.63. The van der Waals surface area contributed by atoms with Gasteiger partial charge in [-0.25, -0.2) is 13.1 Å². The Hall–Kier alpha value is -1.84. The lowest BCUT2D eigenvalue weighted by molar-refractivity contribution is -0.120.